The summed E-state index contributed by atoms with van der Waals surface area (Å²) in [5.41, 5.74) is 1.72. The summed E-state index contributed by atoms with van der Waals surface area (Å²) < 4.78 is 44.3. The predicted octanol–water partition coefficient (Wildman–Crippen LogP) is 3.04. The summed E-state index contributed by atoms with van der Waals surface area (Å²) in [7, 11) is 0. The van der Waals surface area contributed by atoms with Crippen molar-refractivity contribution in [1.29, 1.82) is 0 Å². The summed E-state index contributed by atoms with van der Waals surface area (Å²) in [5.74, 6) is 1.23. The van der Waals surface area contributed by atoms with E-state index < -0.39 is 12.7 Å². The van der Waals surface area contributed by atoms with Crippen LogP contribution in [0.5, 0.6) is 0 Å². The molecule has 0 unspecified atom stereocenters. The number of ether oxygens (including phenoxy) is 1. The Morgan fingerprint density at radius 3 is 2.68 bits per heavy atom. The van der Waals surface area contributed by atoms with Gasteiger partial charge in [0, 0.05) is 19.4 Å². The summed E-state index contributed by atoms with van der Waals surface area (Å²) in [5, 5.41) is 3.92. The van der Waals surface area contributed by atoms with E-state index in [1.807, 2.05) is 24.3 Å². The van der Waals surface area contributed by atoms with Crippen molar-refractivity contribution in [3.63, 3.8) is 0 Å². The number of benzene rings is 1. The molecule has 0 atom stereocenters. The first kappa shape index (κ1) is 17.4. The van der Waals surface area contributed by atoms with Gasteiger partial charge in [0.2, 0.25) is 0 Å². The minimum absolute atomic E-state index is 0.0962. The molecular formula is C16H18F3N5O. The minimum Gasteiger partial charge on any atom is -0.374 e. The normalized spacial score (nSPS) is 12.2. The monoisotopic (exact) mass is 353 g/mol. The highest BCUT2D eigenvalue weighted by Crippen LogP contribution is 2.19. The molecule has 3 rings (SSSR count). The molecule has 0 aliphatic heterocycles. The summed E-state index contributed by atoms with van der Waals surface area (Å²) in [6.07, 6.45) is -3.61. The molecule has 0 aliphatic carbocycles. The topological polar surface area (TPSA) is 68.6 Å². The van der Waals surface area contributed by atoms with Crippen LogP contribution in [0.1, 0.15) is 24.4 Å². The van der Waals surface area contributed by atoms with Gasteiger partial charge < -0.3 is 9.72 Å². The lowest BCUT2D eigenvalue weighted by atomic mass is 10.3. The number of para-hydroxylation sites is 2. The first-order valence-corrected chi connectivity index (χ1v) is 7.95. The van der Waals surface area contributed by atoms with E-state index >= 15 is 0 Å². The molecule has 1 aromatic carbocycles. The molecule has 25 heavy (non-hydrogen) atoms. The van der Waals surface area contributed by atoms with E-state index in [0.29, 0.717) is 25.3 Å². The van der Waals surface area contributed by atoms with Crippen molar-refractivity contribution in [2.75, 3.05) is 6.61 Å². The predicted molar refractivity (Wildman–Crippen MR) is 84.9 cm³/mol. The molecule has 0 fully saturated rings. The molecule has 0 amide bonds. The van der Waals surface area contributed by atoms with Gasteiger partial charge in [0.25, 0.3) is 0 Å². The van der Waals surface area contributed by atoms with E-state index in [9.17, 15) is 13.2 Å². The molecule has 0 spiro atoms. The number of hydrogen-bond acceptors (Lipinski definition) is 4. The van der Waals surface area contributed by atoms with Crippen LogP contribution in [0.25, 0.3) is 11.0 Å². The average Bonchev–Trinajstić information content (AvgIpc) is 3.12. The third-order valence-corrected chi connectivity index (χ3v) is 3.58. The molecule has 6 nitrogen and oxygen atoms in total. The molecule has 9 heteroatoms. The number of rotatable bonds is 7. The number of nitrogens with one attached hydrogen (secondary N) is 1. The van der Waals surface area contributed by atoms with Crippen molar-refractivity contribution in [1.82, 2.24) is 24.7 Å². The minimum atomic E-state index is -4.36. The second kappa shape index (κ2) is 7.22. The Kier molecular flexibility index (Phi) is 5.03. The zero-order chi connectivity index (χ0) is 17.9. The Morgan fingerprint density at radius 1 is 1.16 bits per heavy atom. The maximum Gasteiger partial charge on any atom is 0.408 e. The number of imidazole rings is 1. The number of alkyl halides is 3. The highest BCUT2D eigenvalue weighted by atomic mass is 19.4. The molecule has 134 valence electrons. The van der Waals surface area contributed by atoms with E-state index in [-0.39, 0.29) is 18.3 Å². The van der Waals surface area contributed by atoms with E-state index in [4.69, 9.17) is 4.74 Å². The van der Waals surface area contributed by atoms with Crippen molar-refractivity contribution in [3.8, 4) is 0 Å². The third kappa shape index (κ3) is 4.56. The van der Waals surface area contributed by atoms with Crippen molar-refractivity contribution in [3.05, 3.63) is 41.7 Å². The molecule has 1 N–H and O–H groups in total. The Morgan fingerprint density at radius 2 is 1.96 bits per heavy atom. The summed E-state index contributed by atoms with van der Waals surface area (Å²) in [6.45, 7) is 1.18. The van der Waals surface area contributed by atoms with Crippen LogP contribution >= 0.6 is 0 Å². The number of nitrogens with zero attached hydrogens (tertiary/aromatic N) is 4. The first-order valence-electron chi connectivity index (χ1n) is 7.95. The fourth-order valence-electron chi connectivity index (χ4n) is 2.52. The molecule has 0 radical (unpaired) electrons. The number of fused-ring (bicyclic) bond motifs is 1. The Labute approximate surface area is 142 Å². The fraction of sp³-hybridized carbons (Fsp3) is 0.438. The van der Waals surface area contributed by atoms with Gasteiger partial charge in [0.15, 0.2) is 5.82 Å². The lowest BCUT2D eigenvalue weighted by Gasteiger charge is -2.08. The smallest absolute Gasteiger partial charge is 0.374 e. The zero-order valence-corrected chi connectivity index (χ0v) is 13.7. The number of halogens is 3. The molecule has 2 heterocycles. The van der Waals surface area contributed by atoms with Crippen LogP contribution in [-0.2, 0) is 30.7 Å². The first-order chi connectivity index (χ1) is 11.9. The SMILES string of the molecule is CCOCc1nc(CCc2nc3ccccc3[nH]2)n(CC(F)(F)F)n1. The third-order valence-electron chi connectivity index (χ3n) is 3.58. The maximum absolute atomic E-state index is 12.7. The van der Waals surface area contributed by atoms with E-state index in [1.165, 1.54) is 0 Å². The zero-order valence-electron chi connectivity index (χ0n) is 13.7. The molecule has 3 aromatic rings. The second-order valence-corrected chi connectivity index (χ2v) is 5.55. The van der Waals surface area contributed by atoms with Gasteiger partial charge in [-0.2, -0.15) is 18.3 Å². The van der Waals surface area contributed by atoms with Crippen LogP contribution in [-0.4, -0.2) is 37.5 Å². The Balaban J connectivity index is 1.75. The van der Waals surface area contributed by atoms with Crippen LogP contribution in [0.2, 0.25) is 0 Å². The highest BCUT2D eigenvalue weighted by molar-refractivity contribution is 5.74. The van der Waals surface area contributed by atoms with Crippen LogP contribution < -0.4 is 0 Å². The van der Waals surface area contributed by atoms with Gasteiger partial charge in [0.1, 0.15) is 24.8 Å². The molecule has 0 saturated carbocycles. The van der Waals surface area contributed by atoms with Gasteiger partial charge >= 0.3 is 6.18 Å². The molecule has 0 saturated heterocycles. The molecule has 0 aliphatic rings. The van der Waals surface area contributed by atoms with Crippen molar-refractivity contribution >= 4 is 11.0 Å². The second-order valence-electron chi connectivity index (χ2n) is 5.55. The number of hydrogen-bond donors (Lipinski definition) is 1. The van der Waals surface area contributed by atoms with Gasteiger partial charge in [-0.1, -0.05) is 12.1 Å². The van der Waals surface area contributed by atoms with Crippen LogP contribution in [0.3, 0.4) is 0 Å². The van der Waals surface area contributed by atoms with Crippen molar-refractivity contribution < 1.29 is 17.9 Å². The Hall–Kier alpha value is -2.42. The summed E-state index contributed by atoms with van der Waals surface area (Å²) in [6, 6.07) is 7.55. The molecular weight excluding hydrogens is 335 g/mol. The average molecular weight is 353 g/mol. The lowest BCUT2D eigenvalue weighted by molar-refractivity contribution is -0.143. The lowest BCUT2D eigenvalue weighted by Crippen LogP contribution is -2.21. The number of aromatic amines is 1. The van der Waals surface area contributed by atoms with Crippen molar-refractivity contribution in [2.45, 2.75) is 39.1 Å². The van der Waals surface area contributed by atoms with Gasteiger partial charge in [-0.05, 0) is 19.1 Å². The summed E-state index contributed by atoms with van der Waals surface area (Å²) in [4.78, 5) is 11.8. The molecule has 2 aromatic heterocycles. The van der Waals surface area contributed by atoms with Gasteiger partial charge in [0.05, 0.1) is 11.0 Å². The standard InChI is InChI=1S/C16H18F3N5O/c1-2-25-9-14-22-15(24(23-14)10-16(17,18)19)8-7-13-20-11-5-3-4-6-12(11)21-13/h3-6H,2,7-10H2,1H3,(H,20,21). The van der Waals surface area contributed by atoms with E-state index in [1.54, 1.807) is 6.92 Å². The van der Waals surface area contributed by atoms with E-state index in [2.05, 4.69) is 20.1 Å². The molecule has 0 bridgehead atoms. The summed E-state index contributed by atoms with van der Waals surface area (Å²) >= 11 is 0. The number of aryl methyl sites for hydroxylation is 2. The fourth-order valence-corrected chi connectivity index (χ4v) is 2.52. The Bertz CT molecular complexity index is 807. The number of H-pyrrole nitrogens is 1. The van der Waals surface area contributed by atoms with Gasteiger partial charge in [-0.15, -0.1) is 0 Å². The van der Waals surface area contributed by atoms with Gasteiger partial charge in [-0.25, -0.2) is 14.6 Å². The quantitative estimate of drug-likeness (QED) is 0.709. The maximum atomic E-state index is 12.7. The van der Waals surface area contributed by atoms with Crippen LogP contribution in [0.4, 0.5) is 13.2 Å². The largest absolute Gasteiger partial charge is 0.408 e. The van der Waals surface area contributed by atoms with Crippen molar-refractivity contribution in [2.24, 2.45) is 0 Å². The number of aromatic nitrogens is 5. The highest BCUT2D eigenvalue weighted by Gasteiger charge is 2.30. The van der Waals surface area contributed by atoms with Gasteiger partial charge in [-0.3, -0.25) is 0 Å². The van der Waals surface area contributed by atoms with Crippen LogP contribution in [0, 0.1) is 0 Å². The van der Waals surface area contributed by atoms with Crippen LogP contribution in [0.15, 0.2) is 24.3 Å². The van der Waals surface area contributed by atoms with E-state index in [0.717, 1.165) is 15.7 Å².